The van der Waals surface area contributed by atoms with Gasteiger partial charge in [-0.15, -0.1) is 0 Å². The number of halogens is 3. The van der Waals surface area contributed by atoms with Crippen molar-refractivity contribution in [3.05, 3.63) is 70.3 Å². The Morgan fingerprint density at radius 1 is 1.17 bits per heavy atom. The van der Waals surface area contributed by atoms with E-state index in [1.54, 1.807) is 0 Å². The lowest BCUT2D eigenvalue weighted by Crippen LogP contribution is -2.25. The molecule has 0 amide bonds. The summed E-state index contributed by atoms with van der Waals surface area (Å²) in [4.78, 5) is 16.0. The van der Waals surface area contributed by atoms with Crippen molar-refractivity contribution in [2.75, 3.05) is 7.11 Å². The molecule has 0 aliphatic rings. The second-order valence-electron chi connectivity index (χ2n) is 4.84. The van der Waals surface area contributed by atoms with E-state index in [4.69, 9.17) is 4.74 Å². The number of aromatic nitrogens is 4. The van der Waals surface area contributed by atoms with Gasteiger partial charge in [0.25, 0.3) is 0 Å². The molecule has 0 aliphatic carbocycles. The molecule has 0 radical (unpaired) electrons. The summed E-state index contributed by atoms with van der Waals surface area (Å²) < 4.78 is 47.6. The summed E-state index contributed by atoms with van der Waals surface area (Å²) in [6.07, 6.45) is 2.31. The summed E-state index contributed by atoms with van der Waals surface area (Å²) in [5.74, 6) is -2.53. The van der Waals surface area contributed by atoms with Crippen molar-refractivity contribution in [2.24, 2.45) is 0 Å². The summed E-state index contributed by atoms with van der Waals surface area (Å²) in [6, 6.07) is 4.44. The minimum Gasteiger partial charge on any atom is -0.479 e. The van der Waals surface area contributed by atoms with Crippen LogP contribution in [0.3, 0.4) is 0 Å². The number of methoxy groups -OCH3 is 1. The lowest BCUT2D eigenvalue weighted by Gasteiger charge is -2.05. The fourth-order valence-corrected chi connectivity index (χ4v) is 2.16. The maximum absolute atomic E-state index is 13.7. The number of hydrogen-bond donors (Lipinski definition) is 0. The van der Waals surface area contributed by atoms with Gasteiger partial charge in [0.15, 0.2) is 5.82 Å². The lowest BCUT2D eigenvalue weighted by atomic mass is 10.2. The topological polar surface area (TPSA) is 61.9 Å². The Balaban J connectivity index is 1.98. The fourth-order valence-electron chi connectivity index (χ4n) is 2.16. The molecule has 3 rings (SSSR count). The molecular formula is C15H11F3N4O2. The number of pyridine rings is 1. The van der Waals surface area contributed by atoms with Crippen molar-refractivity contribution in [3.8, 4) is 11.6 Å². The molecule has 0 N–H and O–H groups in total. The number of hydrogen-bond acceptors (Lipinski definition) is 4. The molecule has 0 fully saturated rings. The molecule has 0 atom stereocenters. The maximum Gasteiger partial charge on any atom is 0.350 e. The Morgan fingerprint density at radius 3 is 2.50 bits per heavy atom. The third-order valence-electron chi connectivity index (χ3n) is 3.35. The molecule has 0 saturated heterocycles. The van der Waals surface area contributed by atoms with Crippen LogP contribution in [0.2, 0.25) is 0 Å². The Bertz CT molecular complexity index is 932. The fraction of sp³-hybridized carbons (Fsp3) is 0.133. The SMILES string of the molecule is COc1ncc(-n2ncn(Cc3c(F)cccc3F)c2=O)cc1F. The van der Waals surface area contributed by atoms with E-state index in [0.717, 1.165) is 33.8 Å². The third kappa shape index (κ3) is 2.75. The van der Waals surface area contributed by atoms with E-state index in [-0.39, 0.29) is 23.7 Å². The summed E-state index contributed by atoms with van der Waals surface area (Å²) >= 11 is 0. The van der Waals surface area contributed by atoms with Gasteiger partial charge in [0.2, 0.25) is 5.88 Å². The smallest absolute Gasteiger partial charge is 0.350 e. The van der Waals surface area contributed by atoms with Gasteiger partial charge in [-0.2, -0.15) is 9.78 Å². The average molecular weight is 336 g/mol. The van der Waals surface area contributed by atoms with E-state index in [2.05, 4.69) is 10.1 Å². The lowest BCUT2D eigenvalue weighted by molar-refractivity contribution is 0.368. The van der Waals surface area contributed by atoms with Crippen LogP contribution in [0.15, 0.2) is 41.6 Å². The van der Waals surface area contributed by atoms with Crippen molar-refractivity contribution < 1.29 is 17.9 Å². The summed E-state index contributed by atoms with van der Waals surface area (Å²) in [7, 11) is 1.26. The van der Waals surface area contributed by atoms with Crippen LogP contribution < -0.4 is 10.4 Å². The van der Waals surface area contributed by atoms with Gasteiger partial charge in [0.05, 0.1) is 25.5 Å². The van der Waals surface area contributed by atoms with Gasteiger partial charge in [0, 0.05) is 11.6 Å². The summed E-state index contributed by atoms with van der Waals surface area (Å²) in [6.45, 7) is -0.344. The molecule has 0 spiro atoms. The number of rotatable bonds is 4. The first kappa shape index (κ1) is 15.8. The monoisotopic (exact) mass is 336 g/mol. The highest BCUT2D eigenvalue weighted by Crippen LogP contribution is 2.16. The van der Waals surface area contributed by atoms with E-state index in [1.165, 1.54) is 19.4 Å². The second kappa shape index (κ2) is 6.19. The Morgan fingerprint density at radius 2 is 1.88 bits per heavy atom. The van der Waals surface area contributed by atoms with Crippen LogP contribution in [-0.2, 0) is 6.54 Å². The molecule has 0 aliphatic heterocycles. The van der Waals surface area contributed by atoms with Crippen LogP contribution in [0.25, 0.3) is 5.69 Å². The molecule has 0 unspecified atom stereocenters. The van der Waals surface area contributed by atoms with Crippen LogP contribution in [0.1, 0.15) is 5.56 Å². The minimum absolute atomic E-state index is 0.0612. The van der Waals surface area contributed by atoms with E-state index < -0.39 is 23.1 Å². The Labute approximate surface area is 133 Å². The van der Waals surface area contributed by atoms with Crippen LogP contribution in [0.4, 0.5) is 13.2 Å². The summed E-state index contributed by atoms with van der Waals surface area (Å²) in [5.41, 5.74) is -0.895. The van der Waals surface area contributed by atoms with Gasteiger partial charge in [0.1, 0.15) is 18.0 Å². The van der Waals surface area contributed by atoms with Crippen LogP contribution in [0.5, 0.6) is 5.88 Å². The van der Waals surface area contributed by atoms with Crippen molar-refractivity contribution in [1.29, 1.82) is 0 Å². The first-order valence-electron chi connectivity index (χ1n) is 6.78. The van der Waals surface area contributed by atoms with E-state index >= 15 is 0 Å². The van der Waals surface area contributed by atoms with E-state index in [0.29, 0.717) is 0 Å². The highest BCUT2D eigenvalue weighted by molar-refractivity contribution is 5.31. The van der Waals surface area contributed by atoms with Crippen LogP contribution >= 0.6 is 0 Å². The van der Waals surface area contributed by atoms with Crippen molar-refractivity contribution >= 4 is 0 Å². The first-order valence-corrected chi connectivity index (χ1v) is 6.78. The molecule has 0 saturated carbocycles. The largest absolute Gasteiger partial charge is 0.479 e. The maximum atomic E-state index is 13.7. The first-order chi connectivity index (χ1) is 11.5. The molecule has 6 nitrogen and oxygen atoms in total. The van der Waals surface area contributed by atoms with Gasteiger partial charge in [-0.1, -0.05) is 6.07 Å². The van der Waals surface area contributed by atoms with E-state index in [1.807, 2.05) is 0 Å². The number of ether oxygens (including phenoxy) is 1. The highest BCUT2D eigenvalue weighted by atomic mass is 19.1. The molecular weight excluding hydrogens is 325 g/mol. The van der Waals surface area contributed by atoms with Gasteiger partial charge >= 0.3 is 5.69 Å². The van der Waals surface area contributed by atoms with Gasteiger partial charge in [-0.25, -0.2) is 22.9 Å². The Kier molecular flexibility index (Phi) is 4.07. The molecule has 2 aromatic heterocycles. The standard InChI is InChI=1S/C15H11F3N4O2/c1-24-14-13(18)5-9(6-19-14)22-15(23)21(8-20-22)7-10-11(16)3-2-4-12(10)17/h2-6,8H,7H2,1H3. The molecule has 1 aromatic carbocycles. The zero-order chi connectivity index (χ0) is 17.3. The predicted octanol–water partition coefficient (Wildman–Crippen LogP) is 1.90. The molecule has 3 aromatic rings. The van der Waals surface area contributed by atoms with Crippen LogP contribution in [0, 0.1) is 17.5 Å². The van der Waals surface area contributed by atoms with Crippen LogP contribution in [-0.4, -0.2) is 26.4 Å². The van der Waals surface area contributed by atoms with E-state index in [9.17, 15) is 18.0 Å². The number of benzene rings is 1. The van der Waals surface area contributed by atoms with Crippen molar-refractivity contribution in [3.63, 3.8) is 0 Å². The van der Waals surface area contributed by atoms with Gasteiger partial charge in [-0.3, -0.25) is 4.57 Å². The average Bonchev–Trinajstić information content (AvgIpc) is 2.92. The van der Waals surface area contributed by atoms with Crippen molar-refractivity contribution in [2.45, 2.75) is 6.54 Å². The Hall–Kier alpha value is -3.10. The molecule has 9 heteroatoms. The predicted molar refractivity (Wildman–Crippen MR) is 77.6 cm³/mol. The number of nitrogens with zero attached hydrogens (tertiary/aromatic N) is 4. The third-order valence-corrected chi connectivity index (χ3v) is 3.35. The van der Waals surface area contributed by atoms with Gasteiger partial charge in [-0.05, 0) is 12.1 Å². The quantitative estimate of drug-likeness (QED) is 0.730. The molecule has 0 bridgehead atoms. The molecule has 2 heterocycles. The second-order valence-corrected chi connectivity index (χ2v) is 4.84. The normalized spacial score (nSPS) is 10.8. The zero-order valence-electron chi connectivity index (χ0n) is 12.4. The highest BCUT2D eigenvalue weighted by Gasteiger charge is 2.14. The van der Waals surface area contributed by atoms with Gasteiger partial charge < -0.3 is 4.74 Å². The summed E-state index contributed by atoms with van der Waals surface area (Å²) in [5, 5.41) is 3.81. The minimum atomic E-state index is -0.771. The molecule has 24 heavy (non-hydrogen) atoms. The zero-order valence-corrected chi connectivity index (χ0v) is 12.4. The molecule has 124 valence electrons. The van der Waals surface area contributed by atoms with Crippen molar-refractivity contribution in [1.82, 2.24) is 19.3 Å².